The summed E-state index contributed by atoms with van der Waals surface area (Å²) in [6.45, 7) is 4.20. The maximum atomic E-state index is 10.8. The van der Waals surface area contributed by atoms with Gasteiger partial charge in [0, 0.05) is 6.42 Å². The van der Waals surface area contributed by atoms with Crippen molar-refractivity contribution in [1.82, 2.24) is 5.32 Å². The molecule has 7 unspecified atom stereocenters. The standard InChI is InChI=1S/C40H77NO6S/c1-3-5-6-7-8-9-10-11-12-13-14-15-16-17-18-19-20-21-22-23-24-25-26-30-38(48)41-34(36(44)31-33(42)4-2)32-47-37-29-27-28-35(43)39(45)40(37)46/h27-28,33-37,39-40,42-46H,3-26,29-32H2,1-2H3,(H,41,48). The van der Waals surface area contributed by atoms with Gasteiger partial charge in [-0.15, -0.1) is 0 Å². The van der Waals surface area contributed by atoms with Gasteiger partial charge in [-0.2, -0.15) is 0 Å². The van der Waals surface area contributed by atoms with E-state index in [1.807, 2.05) is 6.92 Å². The maximum Gasteiger partial charge on any atom is 0.112 e. The fourth-order valence-electron chi connectivity index (χ4n) is 6.63. The molecule has 1 aliphatic rings. The van der Waals surface area contributed by atoms with Gasteiger partial charge in [-0.05, 0) is 25.7 Å². The number of aliphatic hydroxyl groups is 5. The van der Waals surface area contributed by atoms with Crippen molar-refractivity contribution in [1.29, 1.82) is 0 Å². The van der Waals surface area contributed by atoms with Crippen LogP contribution in [0.2, 0.25) is 0 Å². The molecule has 0 fully saturated rings. The molecule has 0 heterocycles. The third-order valence-electron chi connectivity index (χ3n) is 10.1. The van der Waals surface area contributed by atoms with E-state index in [-0.39, 0.29) is 13.0 Å². The summed E-state index contributed by atoms with van der Waals surface area (Å²) in [6, 6.07) is -0.551. The highest BCUT2D eigenvalue weighted by molar-refractivity contribution is 7.80. The highest BCUT2D eigenvalue weighted by Gasteiger charge is 2.34. The van der Waals surface area contributed by atoms with Crippen molar-refractivity contribution >= 4 is 17.2 Å². The first-order valence-corrected chi connectivity index (χ1v) is 20.7. The molecule has 0 spiro atoms. The molecule has 0 aromatic carbocycles. The summed E-state index contributed by atoms with van der Waals surface area (Å²) in [4.78, 5) is 0.661. The molecule has 0 aromatic rings. The lowest BCUT2D eigenvalue weighted by molar-refractivity contribution is -0.116. The predicted molar refractivity (Wildman–Crippen MR) is 204 cm³/mol. The molecule has 0 aliphatic heterocycles. The van der Waals surface area contributed by atoms with Crippen LogP contribution in [0.4, 0.5) is 0 Å². The highest BCUT2D eigenvalue weighted by atomic mass is 32.1. The van der Waals surface area contributed by atoms with Crippen molar-refractivity contribution in [3.05, 3.63) is 12.2 Å². The number of ether oxygens (including phenoxy) is 1. The number of hydrogen-bond donors (Lipinski definition) is 6. The Labute approximate surface area is 300 Å². The third-order valence-corrected chi connectivity index (χ3v) is 10.4. The van der Waals surface area contributed by atoms with Crippen LogP contribution in [0.5, 0.6) is 0 Å². The second kappa shape index (κ2) is 31.2. The van der Waals surface area contributed by atoms with Crippen LogP contribution in [0, 0.1) is 0 Å². The Kier molecular flexibility index (Phi) is 29.5. The van der Waals surface area contributed by atoms with E-state index in [9.17, 15) is 25.5 Å². The van der Waals surface area contributed by atoms with Crippen molar-refractivity contribution in [2.45, 2.75) is 230 Å². The zero-order valence-corrected chi connectivity index (χ0v) is 31.9. The van der Waals surface area contributed by atoms with E-state index in [1.165, 1.54) is 141 Å². The van der Waals surface area contributed by atoms with Gasteiger partial charge in [0.15, 0.2) is 0 Å². The first-order chi connectivity index (χ1) is 23.3. The summed E-state index contributed by atoms with van der Waals surface area (Å²) < 4.78 is 5.91. The van der Waals surface area contributed by atoms with Crippen LogP contribution in [0.1, 0.15) is 187 Å². The molecule has 8 heteroatoms. The second-order valence-electron chi connectivity index (χ2n) is 14.6. The van der Waals surface area contributed by atoms with Crippen LogP contribution < -0.4 is 5.32 Å². The SMILES string of the molecule is CCCCCCCCCCCCCCCCCCCCCCCCCC(=S)NC(COC1CC=CC(O)C(O)C1O)C(O)CC(O)CC. The lowest BCUT2D eigenvalue weighted by Gasteiger charge is -2.31. The summed E-state index contributed by atoms with van der Waals surface area (Å²) in [6.07, 6.45) is 30.3. The number of hydrogen-bond acceptors (Lipinski definition) is 7. The van der Waals surface area contributed by atoms with Gasteiger partial charge < -0.3 is 35.6 Å². The van der Waals surface area contributed by atoms with E-state index in [0.29, 0.717) is 17.8 Å². The van der Waals surface area contributed by atoms with Crippen molar-refractivity contribution in [3.8, 4) is 0 Å². The molecule has 0 bridgehead atoms. The normalized spacial score (nSPS) is 21.6. The van der Waals surface area contributed by atoms with Crippen LogP contribution in [0.25, 0.3) is 0 Å². The Hall–Kier alpha value is -0.610. The quantitative estimate of drug-likeness (QED) is 0.0235. The molecule has 7 atom stereocenters. The molecule has 0 saturated heterocycles. The van der Waals surface area contributed by atoms with Crippen LogP contribution in [0.15, 0.2) is 12.2 Å². The fourth-order valence-corrected chi connectivity index (χ4v) is 6.93. The van der Waals surface area contributed by atoms with Crippen molar-refractivity contribution < 1.29 is 30.3 Å². The van der Waals surface area contributed by atoms with E-state index in [2.05, 4.69) is 12.2 Å². The van der Waals surface area contributed by atoms with Gasteiger partial charge in [0.05, 0.1) is 35.9 Å². The maximum absolute atomic E-state index is 10.8. The minimum absolute atomic E-state index is 0.0511. The predicted octanol–water partition coefficient (Wildman–Crippen LogP) is 8.60. The van der Waals surface area contributed by atoms with E-state index in [1.54, 1.807) is 6.08 Å². The molecule has 48 heavy (non-hydrogen) atoms. The van der Waals surface area contributed by atoms with Crippen molar-refractivity contribution in [3.63, 3.8) is 0 Å². The van der Waals surface area contributed by atoms with Crippen LogP contribution in [-0.4, -0.2) is 79.8 Å². The second-order valence-corrected chi connectivity index (χ2v) is 15.1. The molecular formula is C40H77NO6S. The van der Waals surface area contributed by atoms with E-state index in [4.69, 9.17) is 17.0 Å². The Morgan fingerprint density at radius 2 is 1.12 bits per heavy atom. The third kappa shape index (κ3) is 23.7. The number of aliphatic hydroxyl groups excluding tert-OH is 5. The number of unbranched alkanes of at least 4 members (excludes halogenated alkanes) is 22. The Balaban J connectivity index is 2.06. The van der Waals surface area contributed by atoms with Gasteiger partial charge in [-0.25, -0.2) is 0 Å². The zero-order valence-electron chi connectivity index (χ0n) is 31.0. The molecule has 284 valence electrons. The average Bonchev–Trinajstić information content (AvgIpc) is 3.19. The molecule has 7 nitrogen and oxygen atoms in total. The Morgan fingerprint density at radius 3 is 1.56 bits per heavy atom. The zero-order chi connectivity index (χ0) is 35.2. The van der Waals surface area contributed by atoms with E-state index >= 15 is 0 Å². The first-order valence-electron chi connectivity index (χ1n) is 20.3. The lowest BCUT2D eigenvalue weighted by atomic mass is 10.0. The molecule has 1 rings (SSSR count). The molecule has 0 aromatic heterocycles. The summed E-state index contributed by atoms with van der Waals surface area (Å²) >= 11 is 5.60. The van der Waals surface area contributed by atoms with Crippen LogP contribution >= 0.6 is 12.2 Å². The van der Waals surface area contributed by atoms with Crippen LogP contribution in [0.3, 0.4) is 0 Å². The average molecular weight is 700 g/mol. The Bertz CT molecular complexity index is 770. The van der Waals surface area contributed by atoms with Gasteiger partial charge in [0.1, 0.15) is 18.3 Å². The molecular weight excluding hydrogens is 623 g/mol. The molecule has 0 amide bonds. The molecule has 6 N–H and O–H groups in total. The smallest absolute Gasteiger partial charge is 0.112 e. The topological polar surface area (TPSA) is 122 Å². The number of rotatable bonds is 32. The first kappa shape index (κ1) is 45.4. The molecule has 0 radical (unpaired) electrons. The van der Waals surface area contributed by atoms with Crippen molar-refractivity contribution in [2.75, 3.05) is 6.61 Å². The van der Waals surface area contributed by atoms with Crippen LogP contribution in [-0.2, 0) is 4.74 Å². The number of nitrogens with one attached hydrogen (secondary N) is 1. The van der Waals surface area contributed by atoms with Gasteiger partial charge in [0.2, 0.25) is 0 Å². The number of thiocarbonyl (C=S) groups is 1. The molecule has 0 saturated carbocycles. The monoisotopic (exact) mass is 700 g/mol. The fraction of sp³-hybridized carbons (Fsp3) is 0.925. The minimum atomic E-state index is -1.34. The minimum Gasteiger partial charge on any atom is -0.393 e. The van der Waals surface area contributed by atoms with Gasteiger partial charge in [-0.1, -0.05) is 179 Å². The van der Waals surface area contributed by atoms with Crippen molar-refractivity contribution in [2.24, 2.45) is 0 Å². The summed E-state index contributed by atoms with van der Waals surface area (Å²) in [5.74, 6) is 0. The summed E-state index contributed by atoms with van der Waals surface area (Å²) in [5.41, 5.74) is 0. The largest absolute Gasteiger partial charge is 0.393 e. The Morgan fingerprint density at radius 1 is 0.688 bits per heavy atom. The van der Waals surface area contributed by atoms with E-state index < -0.39 is 42.7 Å². The van der Waals surface area contributed by atoms with Gasteiger partial charge in [0.25, 0.3) is 0 Å². The van der Waals surface area contributed by atoms with Gasteiger partial charge >= 0.3 is 0 Å². The molecule has 1 aliphatic carbocycles. The van der Waals surface area contributed by atoms with Gasteiger partial charge in [-0.3, -0.25) is 0 Å². The summed E-state index contributed by atoms with van der Waals surface area (Å²) in [5, 5.41) is 54.6. The highest BCUT2D eigenvalue weighted by Crippen LogP contribution is 2.19. The van der Waals surface area contributed by atoms with E-state index in [0.717, 1.165) is 19.3 Å². The summed E-state index contributed by atoms with van der Waals surface area (Å²) in [7, 11) is 0. The lowest BCUT2D eigenvalue weighted by Crippen LogP contribution is -2.49.